The largest absolute Gasteiger partial charge is 0.313 e. The van der Waals surface area contributed by atoms with Crippen LogP contribution < -0.4 is 4.90 Å². The van der Waals surface area contributed by atoms with E-state index in [1.165, 1.54) is 0 Å². The number of carbonyl (C=O) groups is 1. The fourth-order valence-electron chi connectivity index (χ4n) is 1.51. The van der Waals surface area contributed by atoms with Gasteiger partial charge in [0.05, 0.1) is 10.9 Å². The van der Waals surface area contributed by atoms with E-state index in [0.29, 0.717) is 0 Å². The maximum Gasteiger partial charge on any atom is 0.239 e. The predicted octanol–water partition coefficient (Wildman–Crippen LogP) is 2.43. The zero-order chi connectivity index (χ0) is 10.3. The molecule has 1 aromatic carbocycles. The van der Waals surface area contributed by atoms with Crippen LogP contribution in [0.5, 0.6) is 0 Å². The van der Waals surface area contributed by atoms with Gasteiger partial charge >= 0.3 is 0 Å². The zero-order valence-corrected chi connectivity index (χ0v) is 9.73. The Hall–Kier alpha value is -0.610. The highest BCUT2D eigenvalue weighted by Gasteiger charge is 2.27. The van der Waals surface area contributed by atoms with Crippen molar-refractivity contribution in [2.75, 3.05) is 11.9 Å². The molecule has 1 amide bonds. The summed E-state index contributed by atoms with van der Waals surface area (Å²) in [5.41, 5.74) is 0.982. The first-order valence-corrected chi connectivity index (χ1v) is 5.69. The molecule has 1 aromatic rings. The normalized spacial score (nSPS) is 20.9. The van der Waals surface area contributed by atoms with Crippen LogP contribution in [0.2, 0.25) is 0 Å². The second kappa shape index (κ2) is 3.51. The molecule has 0 saturated carbocycles. The van der Waals surface area contributed by atoms with E-state index in [0.717, 1.165) is 15.5 Å². The average Bonchev–Trinajstić information content (AvgIpc) is 2.14. The fourth-order valence-corrected chi connectivity index (χ4v) is 2.96. The summed E-state index contributed by atoms with van der Waals surface area (Å²) in [6.07, 6.45) is 0. The van der Waals surface area contributed by atoms with E-state index in [2.05, 4.69) is 12.6 Å². The van der Waals surface area contributed by atoms with Gasteiger partial charge in [-0.25, -0.2) is 0 Å². The molecule has 1 aliphatic rings. The van der Waals surface area contributed by atoms with E-state index < -0.39 is 0 Å². The summed E-state index contributed by atoms with van der Waals surface area (Å²) >= 11 is 5.88. The summed E-state index contributed by atoms with van der Waals surface area (Å²) in [7, 11) is 1.82. The Morgan fingerprint density at radius 3 is 2.93 bits per heavy atom. The lowest BCUT2D eigenvalue weighted by atomic mass is 10.2. The third kappa shape index (κ3) is 1.53. The molecule has 2 rings (SSSR count). The molecule has 0 radical (unpaired) electrons. The van der Waals surface area contributed by atoms with Gasteiger partial charge in [0, 0.05) is 16.8 Å². The number of carbonyl (C=O) groups excluding carboxylic acids is 1. The van der Waals surface area contributed by atoms with Gasteiger partial charge in [-0.05, 0) is 25.1 Å². The van der Waals surface area contributed by atoms with E-state index in [9.17, 15) is 4.79 Å². The quantitative estimate of drug-likeness (QED) is 0.684. The number of thioether (sulfide) groups is 1. The summed E-state index contributed by atoms with van der Waals surface area (Å²) < 4.78 is 0. The summed E-state index contributed by atoms with van der Waals surface area (Å²) in [6.45, 7) is 1.93. The van der Waals surface area contributed by atoms with Crippen LogP contribution in [0.4, 0.5) is 5.69 Å². The Morgan fingerprint density at radius 2 is 2.21 bits per heavy atom. The van der Waals surface area contributed by atoms with Crippen molar-refractivity contribution in [2.45, 2.75) is 22.0 Å². The van der Waals surface area contributed by atoms with Crippen molar-refractivity contribution < 1.29 is 4.79 Å². The number of anilines is 1. The Bertz CT molecular complexity index is 392. The molecule has 0 spiro atoms. The molecule has 14 heavy (non-hydrogen) atoms. The van der Waals surface area contributed by atoms with Crippen LogP contribution >= 0.6 is 24.4 Å². The first-order chi connectivity index (χ1) is 6.59. The average molecular weight is 225 g/mol. The number of rotatable bonds is 0. The van der Waals surface area contributed by atoms with Crippen molar-refractivity contribution in [1.82, 2.24) is 0 Å². The number of nitrogens with zero attached hydrogens (tertiary/aromatic N) is 1. The molecule has 1 aliphatic heterocycles. The summed E-state index contributed by atoms with van der Waals surface area (Å²) in [6, 6.07) is 5.85. The highest BCUT2D eigenvalue weighted by molar-refractivity contribution is 8.01. The van der Waals surface area contributed by atoms with Gasteiger partial charge in [-0.3, -0.25) is 4.79 Å². The lowest BCUT2D eigenvalue weighted by molar-refractivity contribution is -0.117. The molecular weight excluding hydrogens is 214 g/mol. The first kappa shape index (κ1) is 9.93. The van der Waals surface area contributed by atoms with Gasteiger partial charge < -0.3 is 4.90 Å². The molecule has 1 unspecified atom stereocenters. The second-order valence-electron chi connectivity index (χ2n) is 3.31. The topological polar surface area (TPSA) is 20.3 Å². The third-order valence-corrected chi connectivity index (χ3v) is 3.70. The van der Waals surface area contributed by atoms with Gasteiger partial charge in [0.15, 0.2) is 0 Å². The number of hydrogen-bond donors (Lipinski definition) is 1. The maximum atomic E-state index is 11.7. The Morgan fingerprint density at radius 1 is 1.50 bits per heavy atom. The molecule has 1 heterocycles. The van der Waals surface area contributed by atoms with Crippen molar-refractivity contribution in [2.24, 2.45) is 0 Å². The molecule has 2 nitrogen and oxygen atoms in total. The number of thiol groups is 1. The van der Waals surface area contributed by atoms with Crippen molar-refractivity contribution in [3.63, 3.8) is 0 Å². The smallest absolute Gasteiger partial charge is 0.239 e. The molecule has 1 atom stereocenters. The second-order valence-corrected chi connectivity index (χ2v) is 5.21. The molecular formula is C10H11NOS2. The van der Waals surface area contributed by atoms with Crippen LogP contribution in [0.3, 0.4) is 0 Å². The van der Waals surface area contributed by atoms with Gasteiger partial charge in [0.25, 0.3) is 0 Å². The van der Waals surface area contributed by atoms with Gasteiger partial charge in [-0.1, -0.05) is 0 Å². The predicted molar refractivity (Wildman–Crippen MR) is 62.4 cm³/mol. The van der Waals surface area contributed by atoms with E-state index in [1.54, 1.807) is 16.7 Å². The molecule has 74 valence electrons. The number of hydrogen-bond acceptors (Lipinski definition) is 3. The van der Waals surface area contributed by atoms with Crippen LogP contribution in [0.15, 0.2) is 28.0 Å². The van der Waals surface area contributed by atoms with Gasteiger partial charge in [0.2, 0.25) is 5.91 Å². The summed E-state index contributed by atoms with van der Waals surface area (Å²) in [5.74, 6) is 0.161. The Balaban J connectivity index is 2.50. The minimum absolute atomic E-state index is 0.00244. The molecule has 0 fully saturated rings. The van der Waals surface area contributed by atoms with Crippen molar-refractivity contribution >= 4 is 36.0 Å². The molecule has 0 aromatic heterocycles. The highest BCUT2D eigenvalue weighted by Crippen LogP contribution is 2.39. The number of fused-ring (bicyclic) bond motifs is 1. The summed E-state index contributed by atoms with van der Waals surface area (Å²) in [4.78, 5) is 15.4. The molecule has 0 bridgehead atoms. The first-order valence-electron chi connectivity index (χ1n) is 4.37. The van der Waals surface area contributed by atoms with Crippen LogP contribution in [0.25, 0.3) is 0 Å². The molecule has 0 saturated heterocycles. The SMILES string of the molecule is CC1Sc2cc(S)ccc2N(C)C1=O. The number of amides is 1. The van der Waals surface area contributed by atoms with Crippen LogP contribution in [0, 0.1) is 0 Å². The van der Waals surface area contributed by atoms with Gasteiger partial charge in [-0.2, -0.15) is 0 Å². The summed E-state index contributed by atoms with van der Waals surface area (Å²) in [5, 5.41) is 0.00244. The van der Waals surface area contributed by atoms with Crippen LogP contribution in [-0.2, 0) is 4.79 Å². The van der Waals surface area contributed by atoms with Crippen molar-refractivity contribution in [1.29, 1.82) is 0 Å². The van der Waals surface area contributed by atoms with Gasteiger partial charge in [0.1, 0.15) is 0 Å². The zero-order valence-electron chi connectivity index (χ0n) is 8.02. The molecule has 4 heteroatoms. The van der Waals surface area contributed by atoms with Crippen molar-refractivity contribution in [3.05, 3.63) is 18.2 Å². The van der Waals surface area contributed by atoms with Crippen molar-refractivity contribution in [3.8, 4) is 0 Å². The third-order valence-electron chi connectivity index (χ3n) is 2.29. The van der Waals surface area contributed by atoms with Crippen LogP contribution in [-0.4, -0.2) is 18.2 Å². The lowest BCUT2D eigenvalue weighted by Crippen LogP contribution is -2.36. The Kier molecular flexibility index (Phi) is 2.49. The minimum atomic E-state index is 0.00244. The maximum absolute atomic E-state index is 11.7. The van der Waals surface area contributed by atoms with E-state index in [1.807, 2.05) is 32.2 Å². The monoisotopic (exact) mass is 225 g/mol. The van der Waals surface area contributed by atoms with Crippen LogP contribution in [0.1, 0.15) is 6.92 Å². The van der Waals surface area contributed by atoms with E-state index in [-0.39, 0.29) is 11.2 Å². The number of benzene rings is 1. The molecule has 0 aliphatic carbocycles. The molecule has 0 N–H and O–H groups in total. The van der Waals surface area contributed by atoms with Gasteiger partial charge in [-0.15, -0.1) is 24.4 Å². The van der Waals surface area contributed by atoms with E-state index in [4.69, 9.17) is 0 Å². The standard InChI is InChI=1S/C10H11NOS2/c1-6-10(12)11(2)8-4-3-7(13)5-9(8)14-6/h3-6,13H,1-2H3. The lowest BCUT2D eigenvalue weighted by Gasteiger charge is -2.29. The minimum Gasteiger partial charge on any atom is -0.313 e. The fraction of sp³-hybridized carbons (Fsp3) is 0.300. The highest BCUT2D eigenvalue weighted by atomic mass is 32.2. The Labute approximate surface area is 93.1 Å². The van der Waals surface area contributed by atoms with E-state index >= 15 is 0 Å².